The molecule has 0 saturated heterocycles. The lowest BCUT2D eigenvalue weighted by Crippen LogP contribution is -2.09. The van der Waals surface area contributed by atoms with Crippen molar-refractivity contribution >= 4 is 33.6 Å². The van der Waals surface area contributed by atoms with Crippen LogP contribution < -0.4 is 11.3 Å². The molecular weight excluding hydrogens is 268 g/mol. The first-order valence-electron chi connectivity index (χ1n) is 3.66. The van der Waals surface area contributed by atoms with E-state index in [-0.39, 0.29) is 0 Å². The minimum Gasteiger partial charge on any atom is -0.473 e. The maximum Gasteiger partial charge on any atom is 0.414 e. The Bertz CT molecular complexity index is 344. The number of anilines is 1. The number of hydrogen-bond donors (Lipinski definition) is 4. The number of benzene rings is 1. The predicted molar refractivity (Wildman–Crippen MR) is 57.2 cm³/mol. The number of carbonyl (C=O) groups is 2. The zero-order valence-electron chi connectivity index (χ0n) is 7.48. The summed E-state index contributed by atoms with van der Waals surface area (Å²) in [6.45, 7) is 0. The Morgan fingerprint density at radius 3 is 1.93 bits per heavy atom. The van der Waals surface area contributed by atoms with E-state index in [0.717, 1.165) is 10.2 Å². The summed E-state index contributed by atoms with van der Waals surface area (Å²) in [5, 5.41) is 14.8. The molecule has 5 N–H and O–H groups in total. The third-order valence-electron chi connectivity index (χ3n) is 1.21. The summed E-state index contributed by atoms with van der Waals surface area (Å²) in [6, 6.07) is 7.67. The maximum absolute atomic E-state index is 9.10. The zero-order valence-corrected chi connectivity index (χ0v) is 9.06. The van der Waals surface area contributed by atoms with Gasteiger partial charge in [-0.15, -0.1) is 0 Å². The van der Waals surface area contributed by atoms with E-state index in [1.807, 2.05) is 24.3 Å². The highest BCUT2D eigenvalue weighted by molar-refractivity contribution is 9.10. The van der Waals surface area contributed by atoms with Crippen LogP contribution in [-0.2, 0) is 9.59 Å². The summed E-state index contributed by atoms with van der Waals surface area (Å²) in [4.78, 5) is 18.2. The second kappa shape index (κ2) is 6.80. The normalized spacial score (nSPS) is 8.40. The molecule has 0 radical (unpaired) electrons. The van der Waals surface area contributed by atoms with Gasteiger partial charge in [0.2, 0.25) is 0 Å². The summed E-state index contributed by atoms with van der Waals surface area (Å²) in [5.74, 6) is 1.52. The summed E-state index contributed by atoms with van der Waals surface area (Å²) >= 11 is 3.31. The first-order chi connectivity index (χ1) is 6.99. The third kappa shape index (κ3) is 5.66. The van der Waals surface area contributed by atoms with Crippen molar-refractivity contribution in [1.29, 1.82) is 0 Å². The molecule has 0 heterocycles. The SMILES string of the molecule is NNc1ccccc1Br.O=C(O)C(=O)O. The van der Waals surface area contributed by atoms with Gasteiger partial charge >= 0.3 is 11.9 Å². The zero-order chi connectivity index (χ0) is 11.8. The minimum absolute atomic E-state index is 0.900. The lowest BCUT2D eigenvalue weighted by molar-refractivity contribution is -0.159. The smallest absolute Gasteiger partial charge is 0.414 e. The molecule has 0 amide bonds. The number of aliphatic carboxylic acids is 2. The van der Waals surface area contributed by atoms with Crippen molar-refractivity contribution in [3.05, 3.63) is 28.7 Å². The predicted octanol–water partition coefficient (Wildman–Crippen LogP) is 0.890. The highest BCUT2D eigenvalue weighted by Crippen LogP contribution is 2.19. The molecule has 0 aliphatic carbocycles. The second-order valence-corrected chi connectivity index (χ2v) is 3.09. The topological polar surface area (TPSA) is 113 Å². The molecule has 0 saturated carbocycles. The first-order valence-corrected chi connectivity index (χ1v) is 4.45. The van der Waals surface area contributed by atoms with Crippen LogP contribution in [0, 0.1) is 0 Å². The van der Waals surface area contributed by atoms with E-state index >= 15 is 0 Å². The van der Waals surface area contributed by atoms with E-state index in [2.05, 4.69) is 21.4 Å². The molecule has 1 aromatic rings. The van der Waals surface area contributed by atoms with Gasteiger partial charge in [0.1, 0.15) is 0 Å². The van der Waals surface area contributed by atoms with Crippen molar-refractivity contribution in [2.75, 3.05) is 5.43 Å². The number of nitrogen functional groups attached to an aromatic ring is 1. The fourth-order valence-corrected chi connectivity index (χ4v) is 0.978. The van der Waals surface area contributed by atoms with Gasteiger partial charge in [-0.3, -0.25) is 5.84 Å². The Morgan fingerprint density at radius 2 is 1.67 bits per heavy atom. The number of halogens is 1. The molecule has 0 fully saturated rings. The first kappa shape index (κ1) is 13.4. The van der Waals surface area contributed by atoms with Crippen molar-refractivity contribution < 1.29 is 19.8 Å². The van der Waals surface area contributed by atoms with E-state index in [4.69, 9.17) is 25.6 Å². The van der Waals surface area contributed by atoms with Crippen molar-refractivity contribution in [1.82, 2.24) is 0 Å². The molecule has 0 aliphatic rings. The van der Waals surface area contributed by atoms with Crippen LogP contribution in [0.2, 0.25) is 0 Å². The van der Waals surface area contributed by atoms with Crippen LogP contribution in [0.5, 0.6) is 0 Å². The number of hydrogen-bond acceptors (Lipinski definition) is 4. The highest BCUT2D eigenvalue weighted by atomic mass is 79.9. The summed E-state index contributed by atoms with van der Waals surface area (Å²) in [5.41, 5.74) is 3.45. The van der Waals surface area contributed by atoms with Crippen molar-refractivity contribution in [2.24, 2.45) is 5.84 Å². The van der Waals surface area contributed by atoms with E-state index in [1.165, 1.54) is 0 Å². The Hall–Kier alpha value is -1.60. The van der Waals surface area contributed by atoms with Gasteiger partial charge in [-0.05, 0) is 28.1 Å². The quantitative estimate of drug-likeness (QED) is 0.344. The molecule has 0 atom stereocenters. The Morgan fingerprint density at radius 1 is 1.20 bits per heavy atom. The van der Waals surface area contributed by atoms with Crippen LogP contribution in [0.1, 0.15) is 0 Å². The number of nitrogens with one attached hydrogen (secondary N) is 1. The van der Waals surface area contributed by atoms with E-state index in [1.54, 1.807) is 0 Å². The molecule has 1 aromatic carbocycles. The molecule has 6 nitrogen and oxygen atoms in total. The Kier molecular flexibility index (Phi) is 6.07. The number of para-hydroxylation sites is 1. The molecule has 0 spiro atoms. The van der Waals surface area contributed by atoms with Gasteiger partial charge in [0.25, 0.3) is 0 Å². The van der Waals surface area contributed by atoms with Gasteiger partial charge in [-0.1, -0.05) is 12.1 Å². The van der Waals surface area contributed by atoms with Crippen molar-refractivity contribution in [3.8, 4) is 0 Å². The summed E-state index contributed by atoms with van der Waals surface area (Å²) in [7, 11) is 0. The van der Waals surface area contributed by atoms with Gasteiger partial charge in [0.15, 0.2) is 0 Å². The molecule has 0 unspecified atom stereocenters. The average molecular weight is 277 g/mol. The van der Waals surface area contributed by atoms with Crippen LogP contribution in [0.15, 0.2) is 28.7 Å². The third-order valence-corrected chi connectivity index (χ3v) is 1.90. The van der Waals surface area contributed by atoms with Crippen LogP contribution in [0.3, 0.4) is 0 Å². The van der Waals surface area contributed by atoms with Crippen LogP contribution in [-0.4, -0.2) is 22.2 Å². The van der Waals surface area contributed by atoms with Gasteiger partial charge in [-0.2, -0.15) is 0 Å². The maximum atomic E-state index is 9.10. The van der Waals surface area contributed by atoms with Crippen LogP contribution in [0.25, 0.3) is 0 Å². The summed E-state index contributed by atoms with van der Waals surface area (Å²) < 4.78 is 0.979. The van der Waals surface area contributed by atoms with Gasteiger partial charge < -0.3 is 15.6 Å². The molecular formula is C8H9BrN2O4. The molecule has 7 heteroatoms. The lowest BCUT2D eigenvalue weighted by atomic mass is 10.3. The monoisotopic (exact) mass is 276 g/mol. The van der Waals surface area contributed by atoms with E-state index in [0.29, 0.717) is 0 Å². The van der Waals surface area contributed by atoms with Gasteiger partial charge in [0.05, 0.1) is 5.69 Å². The Balaban J connectivity index is 0.000000288. The number of rotatable bonds is 1. The largest absolute Gasteiger partial charge is 0.473 e. The fourth-order valence-electron chi connectivity index (χ4n) is 0.578. The van der Waals surface area contributed by atoms with E-state index in [9.17, 15) is 0 Å². The number of hydrazine groups is 1. The number of carboxylic acid groups (broad SMARTS) is 2. The fraction of sp³-hybridized carbons (Fsp3) is 0. The molecule has 82 valence electrons. The van der Waals surface area contributed by atoms with Gasteiger partial charge in [0, 0.05) is 4.47 Å². The Labute approximate surface area is 93.8 Å². The van der Waals surface area contributed by atoms with Crippen LogP contribution in [0.4, 0.5) is 5.69 Å². The minimum atomic E-state index is -1.82. The molecule has 15 heavy (non-hydrogen) atoms. The van der Waals surface area contributed by atoms with Gasteiger partial charge in [-0.25, -0.2) is 9.59 Å². The molecule has 0 bridgehead atoms. The standard InChI is InChI=1S/C6H7BrN2.C2H2O4/c7-5-3-1-2-4-6(5)9-8;3-1(4)2(5)6/h1-4,9H,8H2;(H,3,4)(H,5,6). The summed E-state index contributed by atoms with van der Waals surface area (Å²) in [6.07, 6.45) is 0. The van der Waals surface area contributed by atoms with Crippen molar-refractivity contribution in [2.45, 2.75) is 0 Å². The van der Waals surface area contributed by atoms with Crippen LogP contribution >= 0.6 is 15.9 Å². The second-order valence-electron chi connectivity index (χ2n) is 2.23. The lowest BCUT2D eigenvalue weighted by Gasteiger charge is -1.99. The molecule has 0 aromatic heterocycles. The number of nitrogens with two attached hydrogens (primary N) is 1. The average Bonchev–Trinajstić information content (AvgIpc) is 2.19. The highest BCUT2D eigenvalue weighted by Gasteiger charge is 2.04. The van der Waals surface area contributed by atoms with Crippen molar-refractivity contribution in [3.63, 3.8) is 0 Å². The molecule has 0 aliphatic heterocycles. The number of carboxylic acids is 2. The molecule has 1 rings (SSSR count). The van der Waals surface area contributed by atoms with E-state index < -0.39 is 11.9 Å².